The third kappa shape index (κ3) is 3.92. The number of carbonyl (C=O) groups excluding carboxylic acids is 1. The maximum atomic E-state index is 14.3. The molecule has 8 heteroatoms. The fourth-order valence-corrected chi connectivity index (χ4v) is 5.54. The molecule has 0 spiro atoms. The molecule has 3 saturated carbocycles. The van der Waals surface area contributed by atoms with Crippen LogP contribution < -0.4 is 4.74 Å². The molecule has 1 amide bonds. The second-order valence-electron chi connectivity index (χ2n) is 9.17. The van der Waals surface area contributed by atoms with Crippen molar-refractivity contribution in [2.75, 3.05) is 13.2 Å². The van der Waals surface area contributed by atoms with Gasteiger partial charge in [0, 0.05) is 12.3 Å². The van der Waals surface area contributed by atoms with E-state index in [2.05, 4.69) is 9.97 Å². The molecule has 2 bridgehead atoms. The normalized spacial score (nSPS) is 31.0. The van der Waals surface area contributed by atoms with Crippen molar-refractivity contribution in [2.24, 2.45) is 23.7 Å². The minimum atomic E-state index is -1.10. The highest BCUT2D eigenvalue weighted by molar-refractivity contribution is 5.80. The topological polar surface area (TPSA) is 79.1 Å². The highest BCUT2D eigenvalue weighted by Gasteiger charge is 2.51. The van der Waals surface area contributed by atoms with Gasteiger partial charge in [0.05, 0.1) is 37.2 Å². The third-order valence-corrected chi connectivity index (χ3v) is 7.27. The number of nitrogens with zero attached hydrogens (tertiary/aromatic N) is 4. The molecule has 0 radical (unpaired) electrons. The van der Waals surface area contributed by atoms with Crippen molar-refractivity contribution in [1.82, 2.24) is 14.9 Å². The summed E-state index contributed by atoms with van der Waals surface area (Å²) in [6.45, 7) is 0.471. The van der Waals surface area contributed by atoms with E-state index in [0.29, 0.717) is 36.0 Å². The number of nitriles is 1. The second-order valence-corrected chi connectivity index (χ2v) is 9.17. The van der Waals surface area contributed by atoms with Gasteiger partial charge in [-0.3, -0.25) is 4.79 Å². The summed E-state index contributed by atoms with van der Waals surface area (Å²) in [5, 5.41) is 8.85. The van der Waals surface area contributed by atoms with Gasteiger partial charge in [-0.2, -0.15) is 5.26 Å². The van der Waals surface area contributed by atoms with E-state index in [9.17, 15) is 13.6 Å². The smallest absolute Gasteiger partial charge is 0.316 e. The Kier molecular flexibility index (Phi) is 5.50. The van der Waals surface area contributed by atoms with Gasteiger partial charge in [-0.05, 0) is 54.7 Å². The molecule has 1 saturated heterocycles. The Hall–Kier alpha value is -3.08. The molecule has 3 unspecified atom stereocenters. The first-order valence-corrected chi connectivity index (χ1v) is 11.1. The van der Waals surface area contributed by atoms with Crippen LogP contribution in [0.25, 0.3) is 0 Å². The van der Waals surface area contributed by atoms with Gasteiger partial charge in [0.25, 0.3) is 0 Å². The molecule has 2 heterocycles. The third-order valence-electron chi connectivity index (χ3n) is 7.27. The highest BCUT2D eigenvalue weighted by Crippen LogP contribution is 2.53. The molecule has 4 aliphatic rings. The number of hydrogen-bond donors (Lipinski definition) is 0. The van der Waals surface area contributed by atoms with Crippen molar-refractivity contribution >= 4 is 5.91 Å². The van der Waals surface area contributed by atoms with Crippen LogP contribution in [0.1, 0.15) is 42.9 Å². The van der Waals surface area contributed by atoms with E-state index in [-0.39, 0.29) is 42.5 Å². The number of likely N-dealkylation sites (tertiary alicyclic amines) is 1. The Bertz CT molecular complexity index is 1040. The molecule has 166 valence electrons. The first kappa shape index (κ1) is 20.8. The van der Waals surface area contributed by atoms with Crippen LogP contribution in [0.15, 0.2) is 36.7 Å². The first-order valence-electron chi connectivity index (χ1n) is 11.1. The Morgan fingerprint density at radius 2 is 1.97 bits per heavy atom. The fourth-order valence-electron chi connectivity index (χ4n) is 5.54. The minimum Gasteiger partial charge on any atom is -0.463 e. The molecule has 6 rings (SSSR count). The Morgan fingerprint density at radius 3 is 2.69 bits per heavy atom. The number of fused-ring (bicyclic) bond motifs is 2. The molecule has 4 fully saturated rings. The summed E-state index contributed by atoms with van der Waals surface area (Å²) in [6, 6.07) is 7.89. The average Bonchev–Trinajstić information content (AvgIpc) is 3.18. The Balaban J connectivity index is 1.26. The van der Waals surface area contributed by atoms with Gasteiger partial charge >= 0.3 is 6.01 Å². The summed E-state index contributed by atoms with van der Waals surface area (Å²) in [5.74, 6) is 0.457. The minimum absolute atomic E-state index is 0.0258. The number of alkyl halides is 1. The van der Waals surface area contributed by atoms with E-state index >= 15 is 0 Å². The summed E-state index contributed by atoms with van der Waals surface area (Å²) >= 11 is 0. The summed E-state index contributed by atoms with van der Waals surface area (Å²) in [5.41, 5.74) is 1.02. The molecule has 2 aromatic rings. The quantitative estimate of drug-likeness (QED) is 0.709. The first-order chi connectivity index (χ1) is 15.5. The molecule has 32 heavy (non-hydrogen) atoms. The number of halogens is 2. The fraction of sp³-hybridized carbons (Fsp3) is 0.500. The van der Waals surface area contributed by atoms with Crippen LogP contribution in [0, 0.1) is 40.8 Å². The zero-order valence-corrected chi connectivity index (χ0v) is 17.5. The van der Waals surface area contributed by atoms with Crippen LogP contribution in [0.3, 0.4) is 0 Å². The standard InChI is InChI=1S/C24H24F2N4O2/c25-19-3-1-2-15(6-19)22-8-20(26)12-30(22)23(31)21-7-18(16-4-17(21)5-16)13-32-24-28-10-14(9-27)11-29-24/h1-3,6,10-11,16-18,20-22H,4-5,7-8,12-13H2/t16?,17?,18?,20?,21-,22?/m0/s1. The molecule has 3 aliphatic carbocycles. The number of carbonyl (C=O) groups is 1. The maximum absolute atomic E-state index is 14.3. The molecule has 4 atom stereocenters. The maximum Gasteiger partial charge on any atom is 0.316 e. The Morgan fingerprint density at radius 1 is 1.19 bits per heavy atom. The summed E-state index contributed by atoms with van der Waals surface area (Å²) in [4.78, 5) is 23.2. The van der Waals surface area contributed by atoms with Crippen LogP contribution in [0.2, 0.25) is 0 Å². The average molecular weight is 438 g/mol. The van der Waals surface area contributed by atoms with E-state index in [1.807, 2.05) is 6.07 Å². The van der Waals surface area contributed by atoms with Gasteiger partial charge in [0.1, 0.15) is 18.1 Å². The van der Waals surface area contributed by atoms with E-state index < -0.39 is 12.2 Å². The van der Waals surface area contributed by atoms with Gasteiger partial charge < -0.3 is 9.64 Å². The zero-order valence-electron chi connectivity index (χ0n) is 17.5. The van der Waals surface area contributed by atoms with Crippen molar-refractivity contribution in [3.63, 3.8) is 0 Å². The van der Waals surface area contributed by atoms with E-state index in [4.69, 9.17) is 10.00 Å². The van der Waals surface area contributed by atoms with Crippen LogP contribution >= 0.6 is 0 Å². The van der Waals surface area contributed by atoms with E-state index in [1.54, 1.807) is 17.0 Å². The molecule has 1 aromatic carbocycles. The Labute approximate surface area is 185 Å². The molecule has 6 nitrogen and oxygen atoms in total. The number of ether oxygens (including phenoxy) is 1. The van der Waals surface area contributed by atoms with E-state index in [1.165, 1.54) is 24.5 Å². The predicted octanol–water partition coefficient (Wildman–Crippen LogP) is 3.84. The molecule has 0 N–H and O–H groups in total. The van der Waals surface area contributed by atoms with Crippen molar-refractivity contribution < 1.29 is 18.3 Å². The van der Waals surface area contributed by atoms with Crippen molar-refractivity contribution in [1.29, 1.82) is 5.26 Å². The lowest BCUT2D eigenvalue weighted by atomic mass is 9.55. The van der Waals surface area contributed by atoms with Gasteiger partial charge in [0.2, 0.25) is 5.91 Å². The van der Waals surface area contributed by atoms with Crippen LogP contribution in [0.5, 0.6) is 6.01 Å². The highest BCUT2D eigenvalue weighted by atomic mass is 19.1. The van der Waals surface area contributed by atoms with E-state index in [0.717, 1.165) is 12.8 Å². The number of hydrogen-bond acceptors (Lipinski definition) is 5. The van der Waals surface area contributed by atoms with Gasteiger partial charge in [-0.25, -0.2) is 18.7 Å². The van der Waals surface area contributed by atoms with Crippen molar-refractivity contribution in [3.8, 4) is 12.1 Å². The van der Waals surface area contributed by atoms with Gasteiger partial charge in [0.15, 0.2) is 0 Å². The molecule has 1 aromatic heterocycles. The van der Waals surface area contributed by atoms with Crippen LogP contribution in [-0.4, -0.2) is 40.1 Å². The van der Waals surface area contributed by atoms with Crippen molar-refractivity contribution in [3.05, 3.63) is 53.6 Å². The number of aromatic nitrogens is 2. The number of amides is 1. The monoisotopic (exact) mass is 438 g/mol. The molecular weight excluding hydrogens is 414 g/mol. The lowest BCUT2D eigenvalue weighted by Crippen LogP contribution is -2.50. The lowest BCUT2D eigenvalue weighted by Gasteiger charge is -2.51. The van der Waals surface area contributed by atoms with Gasteiger partial charge in [-0.15, -0.1) is 0 Å². The SMILES string of the molecule is N#Cc1cnc(OCC2C[C@H](C(=O)N3CC(F)CC3c3cccc(F)c3)C3CC2C3)nc1. The van der Waals surface area contributed by atoms with Crippen LogP contribution in [-0.2, 0) is 4.79 Å². The molecule has 1 aliphatic heterocycles. The number of benzene rings is 1. The second kappa shape index (κ2) is 8.45. The van der Waals surface area contributed by atoms with Gasteiger partial charge in [-0.1, -0.05) is 12.1 Å². The lowest BCUT2D eigenvalue weighted by molar-refractivity contribution is -0.147. The number of rotatable bonds is 5. The summed E-state index contributed by atoms with van der Waals surface area (Å²) < 4.78 is 33.8. The van der Waals surface area contributed by atoms with Crippen molar-refractivity contribution in [2.45, 2.75) is 37.9 Å². The zero-order chi connectivity index (χ0) is 22.2. The predicted molar refractivity (Wildman–Crippen MR) is 110 cm³/mol. The molecular formula is C24H24F2N4O2. The van der Waals surface area contributed by atoms with Crippen LogP contribution in [0.4, 0.5) is 8.78 Å². The summed E-state index contributed by atoms with van der Waals surface area (Å²) in [7, 11) is 0. The summed E-state index contributed by atoms with van der Waals surface area (Å²) in [6.07, 6.45) is 4.57. The largest absolute Gasteiger partial charge is 0.463 e.